The van der Waals surface area contributed by atoms with Crippen LogP contribution >= 0.6 is 0 Å². The Balaban J connectivity index is 1.88. The molecular weight excluding hydrogens is 354 g/mol. The Hall–Kier alpha value is -1.89. The lowest BCUT2D eigenvalue weighted by molar-refractivity contribution is -0.142. The molecule has 2 rings (SSSR count). The van der Waals surface area contributed by atoms with Crippen LogP contribution in [0, 0.1) is 11.8 Å². The highest BCUT2D eigenvalue weighted by Crippen LogP contribution is 2.25. The molecule has 0 saturated heterocycles. The summed E-state index contributed by atoms with van der Waals surface area (Å²) >= 11 is 0. The summed E-state index contributed by atoms with van der Waals surface area (Å²) in [5, 5.41) is 11.7. The molecule has 1 unspecified atom stereocenters. The Bertz CT molecular complexity index is 770. The number of nitrogens with one attached hydrogen (secondary N) is 1. The van der Waals surface area contributed by atoms with Crippen LogP contribution in [-0.2, 0) is 32.3 Å². The molecule has 6 nitrogen and oxygen atoms in total. The number of hydrogen-bond donors (Lipinski definition) is 2. The maximum Gasteiger partial charge on any atom is 0.308 e. The summed E-state index contributed by atoms with van der Waals surface area (Å²) in [7, 11) is -3.53. The third-order valence-electron chi connectivity index (χ3n) is 4.68. The number of hydrogen-bond acceptors (Lipinski definition) is 4. The van der Waals surface area contributed by atoms with Crippen LogP contribution in [0.5, 0.6) is 0 Å². The molecule has 0 fully saturated rings. The first-order valence-electron chi connectivity index (χ1n) is 9.03. The van der Waals surface area contributed by atoms with E-state index < -0.39 is 27.6 Å². The zero-order chi connectivity index (χ0) is 19.3. The van der Waals surface area contributed by atoms with E-state index in [1.165, 1.54) is 5.56 Å². The Kier molecular flexibility index (Phi) is 6.81. The third-order valence-corrected chi connectivity index (χ3v) is 6.39. The number of benzene rings is 1. The monoisotopic (exact) mass is 381 g/mol. The van der Waals surface area contributed by atoms with E-state index >= 15 is 0 Å². The molecule has 0 saturated carbocycles. The van der Waals surface area contributed by atoms with Crippen LogP contribution in [0.4, 0.5) is 0 Å². The second-order valence-electron chi connectivity index (χ2n) is 7.32. The van der Waals surface area contributed by atoms with Crippen molar-refractivity contribution in [2.75, 3.05) is 12.3 Å². The lowest BCUT2D eigenvalue weighted by atomic mass is 9.97. The quantitative estimate of drug-likeness (QED) is 0.683. The molecule has 1 aromatic rings. The number of aliphatic carboxylic acids is 1. The van der Waals surface area contributed by atoms with E-state index in [2.05, 4.69) is 5.32 Å². The average Bonchev–Trinajstić information content (AvgIpc) is 3.04. The second kappa shape index (κ2) is 8.66. The maximum atomic E-state index is 12.5. The van der Waals surface area contributed by atoms with Crippen LogP contribution in [0.25, 0.3) is 0 Å². The molecule has 0 aromatic heterocycles. The van der Waals surface area contributed by atoms with Crippen molar-refractivity contribution < 1.29 is 23.1 Å². The number of aryl methyl sites for hydroxylation is 2. The third kappa shape index (κ3) is 5.56. The highest BCUT2D eigenvalue weighted by molar-refractivity contribution is 7.91. The van der Waals surface area contributed by atoms with Gasteiger partial charge in [0.1, 0.15) is 0 Å². The molecule has 0 aliphatic heterocycles. The first-order valence-corrected chi connectivity index (χ1v) is 10.7. The van der Waals surface area contributed by atoms with Crippen LogP contribution in [0.3, 0.4) is 0 Å². The van der Waals surface area contributed by atoms with Crippen LogP contribution in [0.2, 0.25) is 0 Å². The van der Waals surface area contributed by atoms with Crippen molar-refractivity contribution in [1.82, 2.24) is 5.32 Å². The standard InChI is InChI=1S/C19H27NO5S/c1-13(2)10-16(19(22)23)12-20-18(21)8-9-26(24,25)17-7-6-14-4-3-5-15(14)11-17/h6-7,11,13,16H,3-5,8-10,12H2,1-2H3,(H,20,21)(H,22,23). The topological polar surface area (TPSA) is 101 Å². The fraction of sp³-hybridized carbons (Fsp3) is 0.579. The first-order chi connectivity index (χ1) is 12.2. The summed E-state index contributed by atoms with van der Waals surface area (Å²) in [5.41, 5.74) is 2.28. The lowest BCUT2D eigenvalue weighted by Crippen LogP contribution is -2.34. The number of rotatable bonds is 9. The van der Waals surface area contributed by atoms with Crippen molar-refractivity contribution in [1.29, 1.82) is 0 Å². The molecule has 0 spiro atoms. The summed E-state index contributed by atoms with van der Waals surface area (Å²) in [6.07, 6.45) is 3.21. The van der Waals surface area contributed by atoms with Gasteiger partial charge in [0.15, 0.2) is 9.84 Å². The Morgan fingerprint density at radius 3 is 2.54 bits per heavy atom. The number of amides is 1. The summed E-state index contributed by atoms with van der Waals surface area (Å²) < 4.78 is 24.9. The van der Waals surface area contributed by atoms with Gasteiger partial charge < -0.3 is 10.4 Å². The minimum absolute atomic E-state index is 0.0191. The molecule has 7 heteroatoms. The van der Waals surface area contributed by atoms with Crippen LogP contribution in [0.1, 0.15) is 44.2 Å². The predicted octanol–water partition coefficient (Wildman–Crippen LogP) is 2.20. The van der Waals surface area contributed by atoms with E-state index in [1.807, 2.05) is 19.9 Å². The molecule has 1 atom stereocenters. The second-order valence-corrected chi connectivity index (χ2v) is 9.43. The zero-order valence-electron chi connectivity index (χ0n) is 15.3. The molecule has 1 aliphatic rings. The van der Waals surface area contributed by atoms with Crippen LogP contribution in [-0.4, -0.2) is 37.7 Å². The molecule has 0 radical (unpaired) electrons. The largest absolute Gasteiger partial charge is 0.481 e. The van der Waals surface area contributed by atoms with E-state index in [0.717, 1.165) is 24.8 Å². The van der Waals surface area contributed by atoms with Gasteiger partial charge in [-0.1, -0.05) is 19.9 Å². The molecule has 144 valence electrons. The Morgan fingerprint density at radius 2 is 1.88 bits per heavy atom. The van der Waals surface area contributed by atoms with Crippen molar-refractivity contribution in [3.63, 3.8) is 0 Å². The van der Waals surface area contributed by atoms with Crippen molar-refractivity contribution >= 4 is 21.7 Å². The summed E-state index contributed by atoms with van der Waals surface area (Å²) in [6.45, 7) is 3.85. The molecule has 0 bridgehead atoms. The highest BCUT2D eigenvalue weighted by Gasteiger charge is 2.22. The van der Waals surface area contributed by atoms with E-state index in [1.54, 1.807) is 12.1 Å². The molecule has 1 amide bonds. The predicted molar refractivity (Wildman–Crippen MR) is 98.7 cm³/mol. The van der Waals surface area contributed by atoms with Crippen LogP contribution in [0.15, 0.2) is 23.1 Å². The Labute approximate surface area is 154 Å². The molecule has 2 N–H and O–H groups in total. The number of carboxylic acids is 1. The SMILES string of the molecule is CC(C)CC(CNC(=O)CCS(=O)(=O)c1ccc2c(c1)CCC2)C(=O)O. The van der Waals surface area contributed by atoms with Gasteiger partial charge in [0.25, 0.3) is 0 Å². The van der Waals surface area contributed by atoms with Gasteiger partial charge in [-0.2, -0.15) is 0 Å². The highest BCUT2D eigenvalue weighted by atomic mass is 32.2. The smallest absolute Gasteiger partial charge is 0.308 e. The van der Waals surface area contributed by atoms with E-state index in [0.29, 0.717) is 6.42 Å². The number of sulfone groups is 1. The van der Waals surface area contributed by atoms with Gasteiger partial charge >= 0.3 is 5.97 Å². The van der Waals surface area contributed by atoms with Crippen molar-refractivity contribution in [2.24, 2.45) is 11.8 Å². The molecule has 1 aromatic carbocycles. The minimum atomic E-state index is -3.53. The maximum absolute atomic E-state index is 12.5. The van der Waals surface area contributed by atoms with Crippen molar-refractivity contribution in [2.45, 2.75) is 50.8 Å². The van der Waals surface area contributed by atoms with E-state index in [4.69, 9.17) is 0 Å². The summed E-state index contributed by atoms with van der Waals surface area (Å²) in [6, 6.07) is 5.19. The number of carbonyl (C=O) groups is 2. The van der Waals surface area contributed by atoms with Crippen molar-refractivity contribution in [3.05, 3.63) is 29.3 Å². The fourth-order valence-electron chi connectivity index (χ4n) is 3.25. The van der Waals surface area contributed by atoms with Gasteiger partial charge in [-0.15, -0.1) is 0 Å². The van der Waals surface area contributed by atoms with Crippen molar-refractivity contribution in [3.8, 4) is 0 Å². The molecular formula is C19H27NO5S. The van der Waals surface area contributed by atoms with Gasteiger partial charge in [0.05, 0.1) is 16.6 Å². The van der Waals surface area contributed by atoms with E-state index in [9.17, 15) is 23.1 Å². The normalized spacial score (nSPS) is 14.9. The van der Waals surface area contributed by atoms with Gasteiger partial charge in [0.2, 0.25) is 5.91 Å². The molecule has 1 aliphatic carbocycles. The van der Waals surface area contributed by atoms with Gasteiger partial charge in [-0.25, -0.2) is 8.42 Å². The fourth-order valence-corrected chi connectivity index (χ4v) is 4.54. The number of fused-ring (bicyclic) bond motifs is 1. The summed E-state index contributed by atoms with van der Waals surface area (Å²) in [4.78, 5) is 23.4. The van der Waals surface area contributed by atoms with E-state index in [-0.39, 0.29) is 29.5 Å². The Morgan fingerprint density at radius 1 is 1.19 bits per heavy atom. The van der Waals surface area contributed by atoms with Gasteiger partial charge in [0, 0.05) is 13.0 Å². The average molecular weight is 381 g/mol. The van der Waals surface area contributed by atoms with Gasteiger partial charge in [-0.05, 0) is 54.9 Å². The lowest BCUT2D eigenvalue weighted by Gasteiger charge is -2.15. The minimum Gasteiger partial charge on any atom is -0.481 e. The van der Waals surface area contributed by atoms with Gasteiger partial charge in [-0.3, -0.25) is 9.59 Å². The molecule has 26 heavy (non-hydrogen) atoms. The number of carbonyl (C=O) groups excluding carboxylic acids is 1. The molecule has 0 heterocycles. The zero-order valence-corrected chi connectivity index (χ0v) is 16.1. The van der Waals surface area contributed by atoms with Crippen LogP contribution < -0.4 is 5.32 Å². The number of carboxylic acid groups (broad SMARTS) is 1. The summed E-state index contributed by atoms with van der Waals surface area (Å²) in [5.74, 6) is -2.13. The first kappa shape index (κ1) is 20.4.